The zero-order chi connectivity index (χ0) is 15.6. The van der Waals surface area contributed by atoms with Crippen LogP contribution in [0, 0.1) is 25.2 Å². The van der Waals surface area contributed by atoms with Crippen LogP contribution in [0.25, 0.3) is 0 Å². The molecule has 20 heavy (non-hydrogen) atoms. The normalized spacial score (nSPS) is 15.4. The summed E-state index contributed by atoms with van der Waals surface area (Å²) in [6.45, 7) is 19.3. The van der Waals surface area contributed by atoms with E-state index in [0.29, 0.717) is 5.92 Å². The summed E-state index contributed by atoms with van der Waals surface area (Å²) in [6, 6.07) is 6.93. The van der Waals surface area contributed by atoms with Crippen molar-refractivity contribution in [1.29, 1.82) is 0 Å². The van der Waals surface area contributed by atoms with Crippen molar-refractivity contribution < 1.29 is 0 Å². The van der Waals surface area contributed by atoms with Crippen LogP contribution in [0.15, 0.2) is 18.2 Å². The molecule has 0 spiro atoms. The number of nitrogens with one attached hydrogen (secondary N) is 1. The third-order valence-corrected chi connectivity index (χ3v) is 4.31. The molecule has 1 aromatic rings. The van der Waals surface area contributed by atoms with Gasteiger partial charge in [0.2, 0.25) is 0 Å². The average molecular weight is 275 g/mol. The lowest BCUT2D eigenvalue weighted by Crippen LogP contribution is -2.45. The van der Waals surface area contributed by atoms with Crippen LogP contribution < -0.4 is 5.32 Å². The van der Waals surface area contributed by atoms with Crippen molar-refractivity contribution in [2.75, 3.05) is 6.54 Å². The third kappa shape index (κ3) is 5.28. The Hall–Kier alpha value is -0.820. The summed E-state index contributed by atoms with van der Waals surface area (Å²) < 4.78 is 0. The molecule has 1 atom stereocenters. The van der Waals surface area contributed by atoms with Crippen LogP contribution in [0.5, 0.6) is 0 Å². The summed E-state index contributed by atoms with van der Waals surface area (Å²) in [5, 5.41) is 3.69. The Labute approximate surface area is 126 Å². The van der Waals surface area contributed by atoms with Gasteiger partial charge in [0.05, 0.1) is 0 Å². The summed E-state index contributed by atoms with van der Waals surface area (Å²) in [5.74, 6) is 0.651. The van der Waals surface area contributed by atoms with E-state index in [1.165, 1.54) is 16.7 Å². The van der Waals surface area contributed by atoms with Gasteiger partial charge in [0.25, 0.3) is 0 Å². The maximum absolute atomic E-state index is 3.69. The number of hydrogen-bond donors (Lipinski definition) is 1. The highest BCUT2D eigenvalue weighted by atomic mass is 15.0. The van der Waals surface area contributed by atoms with Gasteiger partial charge in [-0.25, -0.2) is 0 Å². The van der Waals surface area contributed by atoms with Gasteiger partial charge in [-0.1, -0.05) is 50.1 Å². The van der Waals surface area contributed by atoms with E-state index in [9.17, 15) is 0 Å². The molecule has 1 N–H and O–H groups in total. The van der Waals surface area contributed by atoms with Crippen molar-refractivity contribution in [1.82, 2.24) is 5.32 Å². The Balaban J connectivity index is 2.90. The van der Waals surface area contributed by atoms with E-state index in [4.69, 9.17) is 0 Å². The van der Waals surface area contributed by atoms with Gasteiger partial charge in [0, 0.05) is 12.1 Å². The predicted octanol–water partition coefficient (Wildman–Crippen LogP) is 4.90. The molecule has 0 radical (unpaired) electrons. The van der Waals surface area contributed by atoms with Crippen molar-refractivity contribution in [2.24, 2.45) is 11.3 Å². The van der Waals surface area contributed by atoms with Crippen LogP contribution in [0.2, 0.25) is 0 Å². The molecule has 0 saturated heterocycles. The Bertz CT molecular complexity index is 419. The summed E-state index contributed by atoms with van der Waals surface area (Å²) in [5.41, 5.74) is 4.67. The molecule has 1 rings (SSSR count). The molecule has 0 fully saturated rings. The summed E-state index contributed by atoms with van der Waals surface area (Å²) in [7, 11) is 0. The molecule has 0 heterocycles. The fraction of sp³-hybridized carbons (Fsp3) is 0.684. The summed E-state index contributed by atoms with van der Waals surface area (Å²) >= 11 is 0. The molecule has 0 aliphatic carbocycles. The van der Waals surface area contributed by atoms with Crippen LogP contribution >= 0.6 is 0 Å². The zero-order valence-corrected chi connectivity index (χ0v) is 14.7. The van der Waals surface area contributed by atoms with Crippen molar-refractivity contribution in [3.8, 4) is 0 Å². The fourth-order valence-electron chi connectivity index (χ4n) is 2.58. The molecular formula is C19H33N. The van der Waals surface area contributed by atoms with Gasteiger partial charge in [0.15, 0.2) is 0 Å². The number of benzene rings is 1. The smallest absolute Gasteiger partial charge is 0.00967 e. The van der Waals surface area contributed by atoms with Gasteiger partial charge in [-0.3, -0.25) is 0 Å². The first-order chi connectivity index (χ1) is 9.02. The molecule has 0 amide bonds. The van der Waals surface area contributed by atoms with Gasteiger partial charge >= 0.3 is 0 Å². The Morgan fingerprint density at radius 3 is 1.85 bits per heavy atom. The van der Waals surface area contributed by atoms with E-state index < -0.39 is 0 Å². The van der Waals surface area contributed by atoms with Gasteiger partial charge in [-0.05, 0) is 57.9 Å². The van der Waals surface area contributed by atoms with Crippen LogP contribution in [-0.2, 0) is 6.42 Å². The maximum Gasteiger partial charge on any atom is 0.00967 e. The third-order valence-electron chi connectivity index (χ3n) is 4.31. The highest BCUT2D eigenvalue weighted by Gasteiger charge is 2.30. The predicted molar refractivity (Wildman–Crippen MR) is 90.3 cm³/mol. The number of hydrogen-bond acceptors (Lipinski definition) is 1. The molecule has 1 unspecified atom stereocenters. The summed E-state index contributed by atoms with van der Waals surface area (Å²) in [6.07, 6.45) is 1.14. The zero-order valence-electron chi connectivity index (χ0n) is 14.7. The Morgan fingerprint density at radius 2 is 1.45 bits per heavy atom. The van der Waals surface area contributed by atoms with E-state index in [0.717, 1.165) is 13.0 Å². The van der Waals surface area contributed by atoms with Crippen LogP contribution in [0.3, 0.4) is 0 Å². The summed E-state index contributed by atoms with van der Waals surface area (Å²) in [4.78, 5) is 0. The molecule has 0 bridgehead atoms. The van der Waals surface area contributed by atoms with Crippen LogP contribution in [-0.4, -0.2) is 12.1 Å². The van der Waals surface area contributed by atoms with Crippen molar-refractivity contribution in [2.45, 2.75) is 67.3 Å². The molecule has 0 aliphatic rings. The highest BCUT2D eigenvalue weighted by molar-refractivity contribution is 5.29. The van der Waals surface area contributed by atoms with E-state index in [1.807, 2.05) is 0 Å². The van der Waals surface area contributed by atoms with Gasteiger partial charge < -0.3 is 5.32 Å². The van der Waals surface area contributed by atoms with Crippen molar-refractivity contribution in [3.63, 3.8) is 0 Å². The second-order valence-corrected chi connectivity index (χ2v) is 8.09. The maximum atomic E-state index is 3.69. The van der Waals surface area contributed by atoms with Crippen LogP contribution in [0.4, 0.5) is 0 Å². The molecule has 0 aromatic heterocycles. The van der Waals surface area contributed by atoms with Gasteiger partial charge in [-0.15, -0.1) is 0 Å². The van der Waals surface area contributed by atoms with Gasteiger partial charge in [-0.2, -0.15) is 0 Å². The number of rotatable bonds is 5. The molecular weight excluding hydrogens is 242 g/mol. The first-order valence-electron chi connectivity index (χ1n) is 7.84. The largest absolute Gasteiger partial charge is 0.312 e. The highest BCUT2D eigenvalue weighted by Crippen LogP contribution is 2.32. The SMILES string of the molecule is Cc1cc(C)cc(CC(C)(CNC(C)(C)C)C(C)C)c1. The standard InChI is InChI=1S/C19H33N/c1-14(2)19(8,13-20-18(5,6)7)12-17-10-15(3)9-16(4)11-17/h9-11,14,20H,12-13H2,1-8H3. The monoisotopic (exact) mass is 275 g/mol. The minimum absolute atomic E-state index is 0.179. The lowest BCUT2D eigenvalue weighted by atomic mass is 9.73. The van der Waals surface area contributed by atoms with Crippen molar-refractivity contribution >= 4 is 0 Å². The average Bonchev–Trinajstić information content (AvgIpc) is 2.23. The first-order valence-corrected chi connectivity index (χ1v) is 7.84. The second-order valence-electron chi connectivity index (χ2n) is 8.09. The molecule has 114 valence electrons. The first kappa shape index (κ1) is 17.2. The van der Waals surface area contributed by atoms with Crippen molar-refractivity contribution in [3.05, 3.63) is 34.9 Å². The molecule has 1 heteroatoms. The minimum atomic E-state index is 0.179. The topological polar surface area (TPSA) is 12.0 Å². The molecule has 0 saturated carbocycles. The lowest BCUT2D eigenvalue weighted by Gasteiger charge is -2.37. The Kier molecular flexibility index (Phi) is 5.43. The molecule has 0 aliphatic heterocycles. The van der Waals surface area contributed by atoms with E-state index in [-0.39, 0.29) is 11.0 Å². The van der Waals surface area contributed by atoms with E-state index >= 15 is 0 Å². The lowest BCUT2D eigenvalue weighted by molar-refractivity contribution is 0.188. The van der Waals surface area contributed by atoms with E-state index in [1.54, 1.807) is 0 Å². The van der Waals surface area contributed by atoms with Gasteiger partial charge in [0.1, 0.15) is 0 Å². The molecule has 1 nitrogen and oxygen atoms in total. The minimum Gasteiger partial charge on any atom is -0.312 e. The fourth-order valence-corrected chi connectivity index (χ4v) is 2.58. The molecule has 1 aromatic carbocycles. The number of aryl methyl sites for hydroxylation is 2. The quantitative estimate of drug-likeness (QED) is 0.806. The van der Waals surface area contributed by atoms with Crippen LogP contribution in [0.1, 0.15) is 58.2 Å². The van der Waals surface area contributed by atoms with E-state index in [2.05, 4.69) is 78.9 Å². The second kappa shape index (κ2) is 6.30. The Morgan fingerprint density at radius 1 is 0.950 bits per heavy atom.